The SMILES string of the molecule is C=CC(=O)Nc1cc(Nc2nccc(-c3cnc4c(Cl)cccn34)n2)c(OC)cc1N(C)CCN(C)C. The van der Waals surface area contributed by atoms with Crippen molar-refractivity contribution in [3.8, 4) is 17.1 Å². The highest BCUT2D eigenvalue weighted by atomic mass is 35.5. The summed E-state index contributed by atoms with van der Waals surface area (Å²) in [6, 6.07) is 9.10. The molecule has 1 aromatic carbocycles. The zero-order valence-corrected chi connectivity index (χ0v) is 22.0. The van der Waals surface area contributed by atoms with Crippen molar-refractivity contribution in [3.05, 3.63) is 66.6 Å². The molecule has 10 nitrogen and oxygen atoms in total. The van der Waals surface area contributed by atoms with Crippen LogP contribution in [0.15, 0.2) is 61.6 Å². The molecule has 11 heteroatoms. The fraction of sp³-hybridized carbons (Fsp3) is 0.231. The molecular formula is C26H29ClN8O2. The van der Waals surface area contributed by atoms with E-state index in [1.54, 1.807) is 37.7 Å². The lowest BCUT2D eigenvalue weighted by molar-refractivity contribution is -0.111. The number of carbonyl (C=O) groups is 1. The van der Waals surface area contributed by atoms with Gasteiger partial charge in [-0.05, 0) is 44.4 Å². The first-order valence-electron chi connectivity index (χ1n) is 11.5. The quantitative estimate of drug-likeness (QED) is 0.298. The first-order chi connectivity index (χ1) is 17.8. The summed E-state index contributed by atoms with van der Waals surface area (Å²) in [5.41, 5.74) is 4.06. The highest BCUT2D eigenvalue weighted by Crippen LogP contribution is 2.38. The number of imidazole rings is 1. The van der Waals surface area contributed by atoms with Crippen molar-refractivity contribution in [2.24, 2.45) is 0 Å². The maximum Gasteiger partial charge on any atom is 0.247 e. The van der Waals surface area contributed by atoms with E-state index in [9.17, 15) is 4.79 Å². The van der Waals surface area contributed by atoms with Gasteiger partial charge in [-0.15, -0.1) is 0 Å². The summed E-state index contributed by atoms with van der Waals surface area (Å²) < 4.78 is 7.55. The van der Waals surface area contributed by atoms with Crippen LogP contribution in [0.3, 0.4) is 0 Å². The first kappa shape index (κ1) is 25.9. The van der Waals surface area contributed by atoms with Gasteiger partial charge in [0.2, 0.25) is 11.9 Å². The minimum absolute atomic E-state index is 0.317. The number of fused-ring (bicyclic) bond motifs is 1. The number of likely N-dealkylation sites (N-methyl/N-ethyl adjacent to an activating group) is 2. The Morgan fingerprint density at radius 3 is 2.73 bits per heavy atom. The van der Waals surface area contributed by atoms with E-state index in [1.807, 2.05) is 43.9 Å². The summed E-state index contributed by atoms with van der Waals surface area (Å²) in [5.74, 6) is 0.601. The molecule has 0 aliphatic heterocycles. The van der Waals surface area contributed by atoms with Gasteiger partial charge >= 0.3 is 0 Å². The van der Waals surface area contributed by atoms with Crippen LogP contribution in [0.25, 0.3) is 17.0 Å². The van der Waals surface area contributed by atoms with Gasteiger partial charge in [-0.1, -0.05) is 18.2 Å². The van der Waals surface area contributed by atoms with Gasteiger partial charge in [0.15, 0.2) is 5.65 Å². The van der Waals surface area contributed by atoms with Gasteiger partial charge in [-0.3, -0.25) is 9.20 Å². The summed E-state index contributed by atoms with van der Waals surface area (Å²) in [6.45, 7) is 5.15. The molecule has 1 amide bonds. The Hall–Kier alpha value is -4.15. The van der Waals surface area contributed by atoms with E-state index in [1.165, 1.54) is 6.08 Å². The summed E-state index contributed by atoms with van der Waals surface area (Å²) in [5, 5.41) is 6.67. The summed E-state index contributed by atoms with van der Waals surface area (Å²) in [6.07, 6.45) is 6.48. The van der Waals surface area contributed by atoms with E-state index >= 15 is 0 Å². The van der Waals surface area contributed by atoms with Crippen molar-refractivity contribution < 1.29 is 9.53 Å². The number of nitrogens with zero attached hydrogens (tertiary/aromatic N) is 6. The predicted octanol–water partition coefficient (Wildman–Crippen LogP) is 4.32. The van der Waals surface area contributed by atoms with E-state index in [0.717, 1.165) is 24.5 Å². The van der Waals surface area contributed by atoms with Gasteiger partial charge in [-0.25, -0.2) is 15.0 Å². The van der Waals surface area contributed by atoms with Gasteiger partial charge in [-0.2, -0.15) is 0 Å². The minimum Gasteiger partial charge on any atom is -0.494 e. The highest BCUT2D eigenvalue weighted by Gasteiger charge is 2.17. The first-order valence-corrected chi connectivity index (χ1v) is 11.9. The van der Waals surface area contributed by atoms with E-state index in [-0.39, 0.29) is 5.91 Å². The maximum absolute atomic E-state index is 12.2. The maximum atomic E-state index is 12.2. The number of halogens is 1. The molecule has 4 aromatic rings. The average Bonchev–Trinajstić information content (AvgIpc) is 3.33. The Balaban J connectivity index is 1.70. The number of hydrogen-bond acceptors (Lipinski definition) is 8. The van der Waals surface area contributed by atoms with Crippen LogP contribution >= 0.6 is 11.6 Å². The molecule has 3 heterocycles. The zero-order chi connectivity index (χ0) is 26.5. The number of ether oxygens (including phenoxy) is 1. The Labute approximate surface area is 220 Å². The number of anilines is 4. The van der Waals surface area contributed by atoms with Crippen molar-refractivity contribution in [3.63, 3.8) is 0 Å². The highest BCUT2D eigenvalue weighted by molar-refractivity contribution is 6.33. The summed E-state index contributed by atoms with van der Waals surface area (Å²) in [7, 11) is 7.57. The molecule has 0 fully saturated rings. The number of pyridine rings is 1. The van der Waals surface area contributed by atoms with Gasteiger partial charge in [0.1, 0.15) is 5.75 Å². The normalized spacial score (nSPS) is 11.0. The molecule has 0 aliphatic carbocycles. The number of rotatable bonds is 10. The van der Waals surface area contributed by atoms with Crippen molar-refractivity contribution >= 4 is 46.2 Å². The number of hydrogen-bond donors (Lipinski definition) is 2. The summed E-state index contributed by atoms with van der Waals surface area (Å²) in [4.78, 5) is 29.8. The monoisotopic (exact) mass is 520 g/mol. The van der Waals surface area contributed by atoms with Crippen LogP contribution in [0.4, 0.5) is 23.0 Å². The predicted molar refractivity (Wildman–Crippen MR) is 148 cm³/mol. The van der Waals surface area contributed by atoms with E-state index in [2.05, 4.69) is 42.0 Å². The van der Waals surface area contributed by atoms with Crippen LogP contribution in [0.2, 0.25) is 5.02 Å². The fourth-order valence-corrected chi connectivity index (χ4v) is 3.97. The number of methoxy groups -OCH3 is 1. The molecule has 0 spiro atoms. The Morgan fingerprint density at radius 2 is 2.00 bits per heavy atom. The standard InChI is InChI=1S/C26H29ClN8O2/c1-6-24(36)30-19-14-20(23(37-5)15-21(19)34(4)13-12-33(2)3)32-26-28-10-9-18(31-26)22-16-29-25-17(27)8-7-11-35(22)25/h6-11,14-16H,1,12-13H2,2-5H3,(H,30,36)(H,28,31,32). The third-order valence-corrected chi connectivity index (χ3v) is 6.00. The van der Waals surface area contributed by atoms with Crippen LogP contribution in [-0.2, 0) is 4.79 Å². The van der Waals surface area contributed by atoms with Crippen molar-refractivity contribution in [2.45, 2.75) is 0 Å². The molecule has 0 unspecified atom stereocenters. The summed E-state index contributed by atoms with van der Waals surface area (Å²) >= 11 is 6.28. The van der Waals surface area contributed by atoms with Crippen molar-refractivity contribution in [1.82, 2.24) is 24.3 Å². The molecule has 0 atom stereocenters. The molecule has 0 bridgehead atoms. The molecule has 0 saturated carbocycles. The Morgan fingerprint density at radius 1 is 1.19 bits per heavy atom. The van der Waals surface area contributed by atoms with Gasteiger partial charge < -0.3 is 25.2 Å². The largest absolute Gasteiger partial charge is 0.494 e. The molecule has 0 radical (unpaired) electrons. The van der Waals surface area contributed by atoms with Gasteiger partial charge in [0.05, 0.1) is 46.8 Å². The number of aromatic nitrogens is 4. The van der Waals surface area contributed by atoms with Gasteiger partial charge in [0.25, 0.3) is 0 Å². The average molecular weight is 521 g/mol. The second-order valence-electron chi connectivity index (χ2n) is 8.57. The second-order valence-corrected chi connectivity index (χ2v) is 8.98. The van der Waals surface area contributed by atoms with Crippen molar-refractivity contribution in [1.29, 1.82) is 0 Å². The van der Waals surface area contributed by atoms with E-state index in [4.69, 9.17) is 16.3 Å². The number of nitrogens with one attached hydrogen (secondary N) is 2. The molecule has 2 N–H and O–H groups in total. The third kappa shape index (κ3) is 5.82. The topological polar surface area (TPSA) is 99.9 Å². The van der Waals surface area contributed by atoms with Crippen LogP contribution in [0, 0.1) is 0 Å². The molecule has 4 rings (SSSR count). The number of amides is 1. The van der Waals surface area contributed by atoms with E-state index in [0.29, 0.717) is 39.4 Å². The van der Waals surface area contributed by atoms with Crippen LogP contribution < -0.4 is 20.3 Å². The lowest BCUT2D eigenvalue weighted by Crippen LogP contribution is -2.29. The van der Waals surface area contributed by atoms with E-state index < -0.39 is 0 Å². The number of benzene rings is 1. The molecule has 0 aliphatic rings. The minimum atomic E-state index is -0.317. The molecular weight excluding hydrogens is 492 g/mol. The lowest BCUT2D eigenvalue weighted by Gasteiger charge is -2.26. The molecule has 3 aromatic heterocycles. The van der Waals surface area contributed by atoms with Crippen molar-refractivity contribution in [2.75, 3.05) is 56.9 Å². The van der Waals surface area contributed by atoms with Crippen LogP contribution in [0.5, 0.6) is 5.75 Å². The zero-order valence-electron chi connectivity index (χ0n) is 21.2. The molecule has 0 saturated heterocycles. The Kier molecular flexibility index (Phi) is 7.90. The Bertz CT molecular complexity index is 1440. The number of carbonyl (C=O) groups excluding carboxylic acids is 1. The third-order valence-electron chi connectivity index (χ3n) is 5.71. The fourth-order valence-electron chi connectivity index (χ4n) is 3.75. The smallest absolute Gasteiger partial charge is 0.247 e. The second kappa shape index (κ2) is 11.3. The lowest BCUT2D eigenvalue weighted by atomic mass is 10.2. The molecule has 192 valence electrons. The van der Waals surface area contributed by atoms with Crippen LogP contribution in [0.1, 0.15) is 0 Å². The van der Waals surface area contributed by atoms with Crippen LogP contribution in [-0.4, -0.2) is 71.5 Å². The molecule has 37 heavy (non-hydrogen) atoms. The van der Waals surface area contributed by atoms with Gasteiger partial charge in [0, 0.05) is 38.6 Å².